The summed E-state index contributed by atoms with van der Waals surface area (Å²) in [6.07, 6.45) is 0. The molecule has 0 radical (unpaired) electrons. The monoisotopic (exact) mass is 194 g/mol. The van der Waals surface area contributed by atoms with E-state index in [4.69, 9.17) is 33.4 Å². The maximum absolute atomic E-state index is 8.67. The van der Waals surface area contributed by atoms with Crippen molar-refractivity contribution in [1.82, 2.24) is 0 Å². The van der Waals surface area contributed by atoms with Crippen LogP contribution in [0.4, 0.5) is 0 Å². The van der Waals surface area contributed by atoms with Crippen molar-refractivity contribution in [3.05, 3.63) is 24.3 Å². The molecule has 1 rings (SSSR count). The van der Waals surface area contributed by atoms with Gasteiger partial charge in [0, 0.05) is 0 Å². The molecule has 0 aromatic heterocycles. The van der Waals surface area contributed by atoms with Crippen LogP contribution in [0.25, 0.3) is 0 Å². The van der Waals surface area contributed by atoms with Gasteiger partial charge in [-0.15, -0.1) is 23.2 Å². The zero-order valence-electron chi connectivity index (χ0n) is 5.67. The molecule has 0 heterocycles. The van der Waals surface area contributed by atoms with Gasteiger partial charge in [-0.3, -0.25) is 0 Å². The molecule has 0 aliphatic heterocycles. The van der Waals surface area contributed by atoms with Gasteiger partial charge < -0.3 is 10.2 Å². The Bertz CT molecular complexity index is 182. The lowest BCUT2D eigenvalue weighted by atomic mass is 10.3. The Labute approximate surface area is 75.0 Å². The van der Waals surface area contributed by atoms with Gasteiger partial charge in [0.05, 0.1) is 5.34 Å². The van der Waals surface area contributed by atoms with Gasteiger partial charge in [-0.05, 0) is 12.1 Å². The van der Waals surface area contributed by atoms with Crippen LogP contribution in [0, 0.1) is 0 Å². The SMILES string of the molecule is ClCCl.Oc1ccccc1O. The van der Waals surface area contributed by atoms with E-state index < -0.39 is 0 Å². The van der Waals surface area contributed by atoms with Gasteiger partial charge in [-0.2, -0.15) is 0 Å². The Morgan fingerprint density at radius 2 is 1.27 bits per heavy atom. The van der Waals surface area contributed by atoms with Crippen LogP contribution in [0.3, 0.4) is 0 Å². The molecule has 2 N–H and O–H groups in total. The smallest absolute Gasteiger partial charge is 0.157 e. The molecule has 0 amide bonds. The van der Waals surface area contributed by atoms with E-state index in [1.807, 2.05) is 0 Å². The number of phenols is 2. The minimum atomic E-state index is -0.0764. The molecule has 0 spiro atoms. The Morgan fingerprint density at radius 3 is 1.45 bits per heavy atom. The van der Waals surface area contributed by atoms with Gasteiger partial charge in [0.25, 0.3) is 0 Å². The van der Waals surface area contributed by atoms with E-state index in [-0.39, 0.29) is 16.8 Å². The van der Waals surface area contributed by atoms with E-state index in [2.05, 4.69) is 0 Å². The average molecular weight is 195 g/mol. The standard InChI is InChI=1S/C6H6O2.CH2Cl2/c7-5-3-1-2-4-6(5)8;2-1-3/h1-4,7-8H;1H2. The molecule has 0 aliphatic rings. The first-order chi connectivity index (χ1) is 5.22. The quantitative estimate of drug-likeness (QED) is 0.493. The van der Waals surface area contributed by atoms with Crippen molar-refractivity contribution >= 4 is 23.2 Å². The minimum absolute atomic E-state index is 0.0764. The number of halogens is 2. The topological polar surface area (TPSA) is 40.5 Å². The Balaban J connectivity index is 0.000000292. The van der Waals surface area contributed by atoms with Crippen molar-refractivity contribution < 1.29 is 10.2 Å². The van der Waals surface area contributed by atoms with Crippen LogP contribution >= 0.6 is 23.2 Å². The zero-order chi connectivity index (χ0) is 8.69. The van der Waals surface area contributed by atoms with Crippen molar-refractivity contribution in [1.29, 1.82) is 0 Å². The Kier molecular flexibility index (Phi) is 5.80. The summed E-state index contributed by atoms with van der Waals surface area (Å²) in [5, 5.41) is 17.5. The largest absolute Gasteiger partial charge is 0.504 e. The normalized spacial score (nSPS) is 8.18. The number of hydrogen-bond acceptors (Lipinski definition) is 2. The molecule has 2 nitrogen and oxygen atoms in total. The highest BCUT2D eigenvalue weighted by atomic mass is 35.5. The fraction of sp³-hybridized carbons (Fsp3) is 0.143. The number of phenolic OH excluding ortho intramolecular Hbond substituents is 2. The summed E-state index contributed by atoms with van der Waals surface area (Å²) in [6.45, 7) is 0. The molecule has 0 fully saturated rings. The maximum Gasteiger partial charge on any atom is 0.157 e. The molecule has 0 unspecified atom stereocenters. The van der Waals surface area contributed by atoms with Gasteiger partial charge in [0.1, 0.15) is 0 Å². The van der Waals surface area contributed by atoms with E-state index in [9.17, 15) is 0 Å². The predicted molar refractivity (Wildman–Crippen MR) is 46.3 cm³/mol. The van der Waals surface area contributed by atoms with E-state index in [1.54, 1.807) is 12.1 Å². The van der Waals surface area contributed by atoms with Crippen molar-refractivity contribution in [2.45, 2.75) is 0 Å². The first-order valence-electron chi connectivity index (χ1n) is 2.81. The molecular weight excluding hydrogens is 187 g/mol. The van der Waals surface area contributed by atoms with Gasteiger partial charge in [0.15, 0.2) is 11.5 Å². The number of rotatable bonds is 0. The Morgan fingerprint density at radius 1 is 1.00 bits per heavy atom. The highest BCUT2D eigenvalue weighted by molar-refractivity contribution is 6.40. The maximum atomic E-state index is 8.67. The predicted octanol–water partition coefficient (Wildman–Crippen LogP) is 2.52. The van der Waals surface area contributed by atoms with Crippen molar-refractivity contribution in [2.75, 3.05) is 5.34 Å². The summed E-state index contributed by atoms with van der Waals surface area (Å²) < 4.78 is 0. The van der Waals surface area contributed by atoms with Gasteiger partial charge in [-0.1, -0.05) is 12.1 Å². The molecular formula is C7H8Cl2O2. The lowest BCUT2D eigenvalue weighted by Crippen LogP contribution is -1.63. The second-order valence-corrected chi connectivity index (χ2v) is 2.40. The van der Waals surface area contributed by atoms with Gasteiger partial charge in [0.2, 0.25) is 0 Å². The molecule has 0 saturated carbocycles. The molecule has 0 atom stereocenters. The Hall–Kier alpha value is -0.600. The highest BCUT2D eigenvalue weighted by Crippen LogP contribution is 2.21. The number of hydrogen-bond donors (Lipinski definition) is 2. The fourth-order valence-corrected chi connectivity index (χ4v) is 0.464. The van der Waals surface area contributed by atoms with Crippen LogP contribution < -0.4 is 0 Å². The highest BCUT2D eigenvalue weighted by Gasteiger charge is 1.90. The first kappa shape index (κ1) is 10.4. The van der Waals surface area contributed by atoms with Crippen LogP contribution in [0.15, 0.2) is 24.3 Å². The second kappa shape index (κ2) is 6.13. The summed E-state index contributed by atoms with van der Waals surface area (Å²) in [4.78, 5) is 0. The summed E-state index contributed by atoms with van der Waals surface area (Å²) in [7, 11) is 0. The van der Waals surface area contributed by atoms with Crippen LogP contribution in [0.5, 0.6) is 11.5 Å². The molecule has 62 valence electrons. The van der Waals surface area contributed by atoms with E-state index >= 15 is 0 Å². The molecule has 11 heavy (non-hydrogen) atoms. The zero-order valence-corrected chi connectivity index (χ0v) is 7.18. The first-order valence-corrected chi connectivity index (χ1v) is 3.88. The van der Waals surface area contributed by atoms with Crippen LogP contribution in [-0.2, 0) is 0 Å². The number of benzene rings is 1. The van der Waals surface area contributed by atoms with Gasteiger partial charge in [-0.25, -0.2) is 0 Å². The summed E-state index contributed by atoms with van der Waals surface area (Å²) in [5.41, 5.74) is 0. The molecule has 0 aliphatic carbocycles. The van der Waals surface area contributed by atoms with E-state index in [1.165, 1.54) is 12.1 Å². The molecule has 1 aromatic carbocycles. The van der Waals surface area contributed by atoms with E-state index in [0.717, 1.165) is 0 Å². The van der Waals surface area contributed by atoms with E-state index in [0.29, 0.717) is 0 Å². The third-order valence-electron chi connectivity index (χ3n) is 0.882. The molecule has 0 bridgehead atoms. The van der Waals surface area contributed by atoms with Crippen LogP contribution in [-0.4, -0.2) is 15.6 Å². The summed E-state index contributed by atoms with van der Waals surface area (Å²) >= 11 is 9.53. The minimum Gasteiger partial charge on any atom is -0.504 e. The molecule has 4 heteroatoms. The molecule has 0 saturated heterocycles. The molecule has 1 aromatic rings. The number of para-hydroxylation sites is 2. The third-order valence-corrected chi connectivity index (χ3v) is 0.882. The number of aromatic hydroxyl groups is 2. The second-order valence-electron chi connectivity index (χ2n) is 1.59. The van der Waals surface area contributed by atoms with Gasteiger partial charge >= 0.3 is 0 Å². The van der Waals surface area contributed by atoms with Crippen molar-refractivity contribution in [3.63, 3.8) is 0 Å². The third kappa shape index (κ3) is 4.76. The lowest BCUT2D eigenvalue weighted by molar-refractivity contribution is 0.404. The van der Waals surface area contributed by atoms with Crippen LogP contribution in [0.1, 0.15) is 0 Å². The average Bonchev–Trinajstić information content (AvgIpc) is 1.97. The number of alkyl halides is 2. The summed E-state index contributed by atoms with van der Waals surface area (Å²) in [5.74, 6) is -0.153. The summed E-state index contributed by atoms with van der Waals surface area (Å²) in [6, 6.07) is 6.15. The van der Waals surface area contributed by atoms with Crippen molar-refractivity contribution in [3.8, 4) is 11.5 Å². The fourth-order valence-electron chi connectivity index (χ4n) is 0.464. The van der Waals surface area contributed by atoms with Crippen molar-refractivity contribution in [2.24, 2.45) is 0 Å². The van der Waals surface area contributed by atoms with Crippen LogP contribution in [0.2, 0.25) is 0 Å². The lowest BCUT2D eigenvalue weighted by Gasteiger charge is -1.91.